The van der Waals surface area contributed by atoms with E-state index >= 15 is 0 Å². The molecule has 9 nitrogen and oxygen atoms in total. The summed E-state index contributed by atoms with van der Waals surface area (Å²) in [6.07, 6.45) is 2.46. The first kappa shape index (κ1) is 29.4. The van der Waals surface area contributed by atoms with E-state index < -0.39 is 52.9 Å². The fourth-order valence-electron chi connectivity index (χ4n) is 8.38. The smallest absolute Gasteiger partial charge is 0.423 e. The summed E-state index contributed by atoms with van der Waals surface area (Å²) in [6.45, 7) is 0. The van der Waals surface area contributed by atoms with E-state index in [1.165, 1.54) is 19.3 Å². The molecular weight excluding hydrogens is 586 g/mol. The first-order valence-electron chi connectivity index (χ1n) is 15.2. The highest BCUT2D eigenvalue weighted by Gasteiger charge is 2.66. The lowest BCUT2D eigenvalue weighted by molar-refractivity contribution is -0.138. The summed E-state index contributed by atoms with van der Waals surface area (Å²) in [5.41, 5.74) is 1.05. The molecule has 3 aromatic carbocycles. The van der Waals surface area contributed by atoms with E-state index in [9.17, 15) is 29.1 Å². The van der Waals surface area contributed by atoms with Crippen LogP contribution in [-0.2, 0) is 29.3 Å². The third-order valence-corrected chi connectivity index (χ3v) is 10.3. The SMILES string of the molecule is COC(=O)N1C(=O)[C@H]2[C@H](CC=C3[C@H]2C[C@H]2C(=O)C(c4ccccc4)=CC(=O)[C@@]2(c2ccccc2)[C@H]3c2ccc(OC)cc2O)C1=O. The molecule has 46 heavy (non-hydrogen) atoms. The van der Waals surface area contributed by atoms with Gasteiger partial charge in [0.1, 0.15) is 11.5 Å². The molecule has 6 atom stereocenters. The number of aromatic hydroxyl groups is 1. The van der Waals surface area contributed by atoms with Gasteiger partial charge in [-0.15, -0.1) is 0 Å². The molecule has 2 fully saturated rings. The van der Waals surface area contributed by atoms with E-state index in [2.05, 4.69) is 0 Å². The van der Waals surface area contributed by atoms with Gasteiger partial charge in [-0.3, -0.25) is 19.2 Å². The number of rotatable bonds is 4. The first-order chi connectivity index (χ1) is 22.2. The molecule has 9 heteroatoms. The van der Waals surface area contributed by atoms with Crippen molar-refractivity contribution < 1.29 is 38.6 Å². The Hall–Kier alpha value is -5.31. The van der Waals surface area contributed by atoms with Gasteiger partial charge in [-0.1, -0.05) is 78.4 Å². The van der Waals surface area contributed by atoms with E-state index in [1.807, 2.05) is 42.5 Å². The van der Waals surface area contributed by atoms with Crippen LogP contribution in [0.1, 0.15) is 35.4 Å². The Bertz CT molecular complexity index is 1860. The maximum absolute atomic E-state index is 14.9. The number of amides is 3. The van der Waals surface area contributed by atoms with Gasteiger partial charge in [0.2, 0.25) is 11.8 Å². The maximum Gasteiger partial charge on any atom is 0.423 e. The summed E-state index contributed by atoms with van der Waals surface area (Å²) in [4.78, 5) is 70.2. The second kappa shape index (κ2) is 10.9. The number of allylic oxidation sites excluding steroid dienone is 4. The first-order valence-corrected chi connectivity index (χ1v) is 15.2. The van der Waals surface area contributed by atoms with E-state index in [0.717, 1.165) is 7.11 Å². The van der Waals surface area contributed by atoms with E-state index in [1.54, 1.807) is 36.4 Å². The van der Waals surface area contributed by atoms with Crippen LogP contribution in [0.5, 0.6) is 11.5 Å². The lowest BCUT2D eigenvalue weighted by Crippen LogP contribution is -2.58. The molecule has 1 saturated carbocycles. The van der Waals surface area contributed by atoms with E-state index in [4.69, 9.17) is 9.47 Å². The number of likely N-dealkylation sites (tertiary alicyclic amines) is 1. The van der Waals surface area contributed by atoms with Gasteiger partial charge < -0.3 is 14.6 Å². The highest BCUT2D eigenvalue weighted by Crippen LogP contribution is 2.64. The van der Waals surface area contributed by atoms with Gasteiger partial charge in [-0.25, -0.2) is 4.79 Å². The molecule has 1 aliphatic heterocycles. The summed E-state index contributed by atoms with van der Waals surface area (Å²) in [5, 5.41) is 11.5. The highest BCUT2D eigenvalue weighted by molar-refractivity contribution is 6.31. The number of phenols is 1. The standard InChI is InChI=1S/C37H31NO8/c1-45-22-13-14-24(29(39)17-22)32-23-15-16-25-31(35(43)38(34(25)42)36(44)46-2)27(23)18-28-33(41)26(20-9-5-3-6-10-20)19-30(40)37(28,32)21-11-7-4-8-12-21/h3-15,17,19,25,27-28,31-32,39H,16,18H2,1-2H3/t25-,27+,28-,31-,32+,37-/m0/s1. The Morgan fingerprint density at radius 2 is 1.59 bits per heavy atom. The van der Waals surface area contributed by atoms with Crippen molar-refractivity contribution in [1.29, 1.82) is 0 Å². The average Bonchev–Trinajstić information content (AvgIpc) is 3.34. The van der Waals surface area contributed by atoms with Crippen molar-refractivity contribution in [3.8, 4) is 11.5 Å². The molecule has 1 saturated heterocycles. The maximum atomic E-state index is 14.9. The average molecular weight is 618 g/mol. The fourth-order valence-corrected chi connectivity index (χ4v) is 8.38. The normalized spacial score (nSPS) is 28.5. The summed E-state index contributed by atoms with van der Waals surface area (Å²) in [5.74, 6) is -5.92. The van der Waals surface area contributed by atoms with Crippen molar-refractivity contribution in [3.05, 3.63) is 113 Å². The third kappa shape index (κ3) is 4.04. The molecule has 0 spiro atoms. The lowest BCUT2D eigenvalue weighted by atomic mass is 9.44. The molecule has 7 rings (SSSR count). The van der Waals surface area contributed by atoms with E-state index in [0.29, 0.717) is 32.9 Å². The number of hydrogen-bond acceptors (Lipinski definition) is 8. The number of ketones is 2. The number of imide groups is 3. The summed E-state index contributed by atoms with van der Waals surface area (Å²) >= 11 is 0. The van der Waals surface area contributed by atoms with Gasteiger partial charge >= 0.3 is 6.09 Å². The second-order valence-corrected chi connectivity index (χ2v) is 12.2. The third-order valence-electron chi connectivity index (χ3n) is 10.3. The van der Waals surface area contributed by atoms with Crippen molar-refractivity contribution in [2.75, 3.05) is 14.2 Å². The Kier molecular flexibility index (Phi) is 6.99. The van der Waals surface area contributed by atoms with Crippen LogP contribution in [-0.4, -0.2) is 53.7 Å². The van der Waals surface area contributed by atoms with Crippen LogP contribution >= 0.6 is 0 Å². The van der Waals surface area contributed by atoms with Crippen LogP contribution in [0.2, 0.25) is 0 Å². The number of benzene rings is 3. The van der Waals surface area contributed by atoms with Gasteiger partial charge in [-0.2, -0.15) is 4.90 Å². The van der Waals surface area contributed by atoms with Crippen LogP contribution < -0.4 is 4.74 Å². The molecule has 1 heterocycles. The van der Waals surface area contributed by atoms with Crippen LogP contribution in [0.25, 0.3) is 5.57 Å². The monoisotopic (exact) mass is 617 g/mol. The Balaban J connectivity index is 1.51. The Morgan fingerprint density at radius 3 is 2.24 bits per heavy atom. The molecular formula is C37H31NO8. The number of ether oxygens (including phenoxy) is 2. The number of carbonyl (C=O) groups excluding carboxylic acids is 5. The lowest BCUT2D eigenvalue weighted by Gasteiger charge is -2.55. The van der Waals surface area contributed by atoms with Crippen LogP contribution in [0.15, 0.2) is 96.6 Å². The molecule has 3 amide bonds. The molecule has 4 aliphatic rings. The van der Waals surface area contributed by atoms with Gasteiger partial charge in [0.15, 0.2) is 11.6 Å². The quantitative estimate of drug-likeness (QED) is 0.321. The number of methoxy groups -OCH3 is 2. The zero-order valence-electron chi connectivity index (χ0n) is 25.2. The molecule has 3 aromatic rings. The van der Waals surface area contributed by atoms with Crippen LogP contribution in [0, 0.1) is 23.7 Å². The predicted molar refractivity (Wildman–Crippen MR) is 165 cm³/mol. The number of hydrogen-bond donors (Lipinski definition) is 1. The van der Waals surface area contributed by atoms with Crippen molar-refractivity contribution in [2.45, 2.75) is 24.2 Å². The molecule has 0 unspecified atom stereocenters. The minimum absolute atomic E-state index is 0.0814. The molecule has 1 N–H and O–H groups in total. The molecule has 3 aliphatic carbocycles. The number of phenolic OH excluding ortho intramolecular Hbond substituents is 1. The molecule has 0 radical (unpaired) electrons. The zero-order valence-corrected chi connectivity index (χ0v) is 25.2. The predicted octanol–water partition coefficient (Wildman–Crippen LogP) is 4.99. The number of fused-ring (bicyclic) bond motifs is 4. The van der Waals surface area contributed by atoms with Crippen molar-refractivity contribution in [1.82, 2.24) is 4.90 Å². The molecule has 0 aromatic heterocycles. The molecule has 232 valence electrons. The fraction of sp³-hybridized carbons (Fsp3) is 0.270. The minimum Gasteiger partial charge on any atom is -0.508 e. The van der Waals surface area contributed by atoms with Crippen molar-refractivity contribution in [2.24, 2.45) is 23.7 Å². The topological polar surface area (TPSA) is 127 Å². The number of Topliss-reactive ketones (excluding diaryl/α,β-unsaturated/α-hetero) is 1. The van der Waals surface area contributed by atoms with Gasteiger partial charge in [-0.05, 0) is 42.0 Å². The Labute approximate surface area is 265 Å². The van der Waals surface area contributed by atoms with Crippen LogP contribution in [0.4, 0.5) is 4.79 Å². The zero-order chi connectivity index (χ0) is 32.3. The van der Waals surface area contributed by atoms with Crippen molar-refractivity contribution in [3.63, 3.8) is 0 Å². The second-order valence-electron chi connectivity index (χ2n) is 12.2. The van der Waals surface area contributed by atoms with Crippen LogP contribution in [0.3, 0.4) is 0 Å². The van der Waals surface area contributed by atoms with Gasteiger partial charge in [0, 0.05) is 29.0 Å². The largest absolute Gasteiger partial charge is 0.508 e. The number of nitrogens with zero attached hydrogens (tertiary/aromatic N) is 1. The summed E-state index contributed by atoms with van der Waals surface area (Å²) in [6, 6.07) is 22.9. The molecule has 0 bridgehead atoms. The van der Waals surface area contributed by atoms with Gasteiger partial charge in [0.05, 0.1) is 31.5 Å². The summed E-state index contributed by atoms with van der Waals surface area (Å²) < 4.78 is 10.1. The van der Waals surface area contributed by atoms with Gasteiger partial charge in [0.25, 0.3) is 0 Å². The number of carbonyl (C=O) groups is 5. The minimum atomic E-state index is -1.48. The van der Waals surface area contributed by atoms with Crippen molar-refractivity contribution >= 4 is 35.0 Å². The highest BCUT2D eigenvalue weighted by atomic mass is 16.5. The summed E-state index contributed by atoms with van der Waals surface area (Å²) in [7, 11) is 2.58. The van der Waals surface area contributed by atoms with E-state index in [-0.39, 0.29) is 35.7 Å². The Morgan fingerprint density at radius 1 is 0.891 bits per heavy atom.